The van der Waals surface area contributed by atoms with Crippen molar-refractivity contribution in [1.29, 1.82) is 0 Å². The molecule has 5 aromatic rings. The summed E-state index contributed by atoms with van der Waals surface area (Å²) in [5.74, 6) is 0.222. The Balaban J connectivity index is 0.000000183. The molecule has 0 atom stereocenters. The Morgan fingerprint density at radius 2 is 1.73 bits per heavy atom. The molecule has 13 heteroatoms. The van der Waals surface area contributed by atoms with E-state index in [4.69, 9.17) is 11.6 Å². The maximum atomic E-state index is 13.1. The lowest BCUT2D eigenvalue weighted by Crippen LogP contribution is -2.34. The summed E-state index contributed by atoms with van der Waals surface area (Å²) in [6, 6.07) is 18.9. The van der Waals surface area contributed by atoms with Gasteiger partial charge in [-0.1, -0.05) is 35.9 Å². The number of Topliss-reactive ketones (excluding diaryl/α,β-unsaturated/α-hetero) is 1. The monoisotopic (exact) mass is 765 g/mol. The predicted molar refractivity (Wildman–Crippen MR) is 205 cm³/mol. The second-order valence-corrected chi connectivity index (χ2v) is 15.2. The number of aryl methyl sites for hydroxylation is 1. The van der Waals surface area contributed by atoms with Gasteiger partial charge in [0, 0.05) is 52.3 Å². The number of piperidine rings is 1. The summed E-state index contributed by atoms with van der Waals surface area (Å²) in [6.07, 6.45) is 2.82. The number of ketones is 1. The number of carbonyl (C=O) groups excluding carboxylic acids is 1. The normalized spacial score (nSPS) is 16.2. The van der Waals surface area contributed by atoms with Crippen LogP contribution in [-0.2, 0) is 12.7 Å². The van der Waals surface area contributed by atoms with Crippen LogP contribution >= 0.6 is 34.7 Å². The van der Waals surface area contributed by atoms with E-state index < -0.39 is 11.7 Å². The molecule has 3 aromatic heterocycles. The minimum Gasteiger partial charge on any atom is -0.337 e. The van der Waals surface area contributed by atoms with Crippen LogP contribution in [0.25, 0.3) is 16.8 Å². The molecule has 0 saturated carbocycles. The number of aromatic nitrogens is 3. The fourth-order valence-corrected chi connectivity index (χ4v) is 9.15. The van der Waals surface area contributed by atoms with Gasteiger partial charge < -0.3 is 9.47 Å². The molecule has 2 aliphatic rings. The number of thioether (sulfide) groups is 1. The molecule has 0 amide bonds. The van der Waals surface area contributed by atoms with E-state index in [0.717, 1.165) is 63.2 Å². The molecule has 7 nitrogen and oxygen atoms in total. The Kier molecular flexibility index (Phi) is 11.5. The molecule has 0 N–H and O–H groups in total. The van der Waals surface area contributed by atoms with Crippen LogP contribution in [0.2, 0.25) is 5.02 Å². The van der Waals surface area contributed by atoms with Crippen molar-refractivity contribution < 1.29 is 18.0 Å². The molecule has 0 spiro atoms. The van der Waals surface area contributed by atoms with Crippen LogP contribution in [0.5, 0.6) is 0 Å². The third kappa shape index (κ3) is 8.10. The zero-order valence-electron chi connectivity index (χ0n) is 29.3. The predicted octanol–water partition coefficient (Wildman–Crippen LogP) is 7.90. The first-order chi connectivity index (χ1) is 24.8. The topological polar surface area (TPSA) is 63.4 Å². The number of rotatable bonds is 6. The molecule has 0 aliphatic carbocycles. The van der Waals surface area contributed by atoms with Crippen molar-refractivity contribution in [2.24, 2.45) is 0 Å². The van der Waals surface area contributed by atoms with Gasteiger partial charge >= 0.3 is 6.18 Å². The molecule has 1 saturated heterocycles. The van der Waals surface area contributed by atoms with Crippen molar-refractivity contribution in [2.45, 2.75) is 57.7 Å². The maximum absolute atomic E-state index is 13.1. The molecule has 52 heavy (non-hydrogen) atoms. The van der Waals surface area contributed by atoms with Gasteiger partial charge in [-0.3, -0.25) is 24.0 Å². The summed E-state index contributed by atoms with van der Waals surface area (Å²) < 4.78 is 44.2. The van der Waals surface area contributed by atoms with Gasteiger partial charge in [-0.05, 0) is 113 Å². The first-order valence-corrected chi connectivity index (χ1v) is 19.1. The van der Waals surface area contributed by atoms with Crippen LogP contribution in [0.3, 0.4) is 0 Å². The highest BCUT2D eigenvalue weighted by Crippen LogP contribution is 2.47. The van der Waals surface area contributed by atoms with Crippen LogP contribution < -0.4 is 19.7 Å². The largest absolute Gasteiger partial charge is 0.416 e. The second kappa shape index (κ2) is 15.9. The molecular formula is C39H39ClF3N5O2S2. The van der Waals surface area contributed by atoms with Crippen molar-refractivity contribution >= 4 is 57.3 Å². The molecular weight excluding hydrogens is 727 g/mol. The van der Waals surface area contributed by atoms with Crippen molar-refractivity contribution in [3.8, 4) is 5.69 Å². The third-order valence-electron chi connectivity index (χ3n) is 9.17. The number of anilines is 1. The van der Waals surface area contributed by atoms with E-state index in [1.807, 2.05) is 75.4 Å². The Bertz CT molecular complexity index is 2260. The molecule has 5 heterocycles. The van der Waals surface area contributed by atoms with Gasteiger partial charge in [0.25, 0.3) is 5.56 Å². The maximum Gasteiger partial charge on any atom is 0.416 e. The smallest absolute Gasteiger partial charge is 0.337 e. The fourth-order valence-electron chi connectivity index (χ4n) is 6.52. The van der Waals surface area contributed by atoms with Crippen molar-refractivity contribution in [3.05, 3.63) is 126 Å². The Morgan fingerprint density at radius 3 is 2.38 bits per heavy atom. The highest BCUT2D eigenvalue weighted by molar-refractivity contribution is 8.08. The van der Waals surface area contributed by atoms with Crippen LogP contribution in [0.1, 0.15) is 59.2 Å². The number of alkyl halides is 3. The number of pyridine rings is 1. The summed E-state index contributed by atoms with van der Waals surface area (Å²) in [7, 11) is 1.76. The standard InChI is InChI=1S/C20H16F3N3OS2.C19H23ClN2O/c1-3-26-16(11-13-6-4-5-9-24-13)29-17(18(26)27)19-25(2)14-8-7-12(20(21,22)23)10-15(14)28-19;1-14-12-18(19(23)13-21-10-4-3-5-11-21)15(2)22(14)17-8-6-16(20)7-9-17/h4-11H,3H2,1-2H3;6-9,12H,3-5,10-11,13H2,1-2H3/b16-11-,19-17+;. The molecule has 0 bridgehead atoms. The molecule has 0 unspecified atom stereocenters. The summed E-state index contributed by atoms with van der Waals surface area (Å²) in [5, 5.41) is 1.36. The zero-order valence-corrected chi connectivity index (χ0v) is 31.7. The molecule has 272 valence electrons. The van der Waals surface area contributed by atoms with Crippen LogP contribution in [0.15, 0.2) is 82.6 Å². The summed E-state index contributed by atoms with van der Waals surface area (Å²) in [6.45, 7) is 9.05. The fraction of sp³-hybridized carbons (Fsp3) is 0.308. The Morgan fingerprint density at radius 1 is 1.00 bits per heavy atom. The van der Waals surface area contributed by atoms with Gasteiger partial charge in [-0.2, -0.15) is 13.2 Å². The van der Waals surface area contributed by atoms with Crippen LogP contribution in [0, 0.1) is 13.8 Å². The molecule has 7 rings (SSSR count). The highest BCUT2D eigenvalue weighted by Gasteiger charge is 2.33. The van der Waals surface area contributed by atoms with E-state index in [2.05, 4.69) is 14.5 Å². The lowest BCUT2D eigenvalue weighted by Gasteiger charge is -2.25. The van der Waals surface area contributed by atoms with Crippen molar-refractivity contribution in [3.63, 3.8) is 0 Å². The van der Waals surface area contributed by atoms with E-state index in [0.29, 0.717) is 33.2 Å². The van der Waals surface area contributed by atoms with E-state index in [-0.39, 0.29) is 11.3 Å². The van der Waals surface area contributed by atoms with Gasteiger partial charge in [-0.25, -0.2) is 0 Å². The summed E-state index contributed by atoms with van der Waals surface area (Å²) in [4.78, 5) is 34.5. The highest BCUT2D eigenvalue weighted by atomic mass is 35.5. The number of thiazole rings is 1. The van der Waals surface area contributed by atoms with Gasteiger partial charge in [0.15, 0.2) is 5.78 Å². The number of carbonyl (C=O) groups is 1. The van der Waals surface area contributed by atoms with E-state index in [9.17, 15) is 22.8 Å². The first-order valence-electron chi connectivity index (χ1n) is 17.1. The first kappa shape index (κ1) is 37.7. The minimum atomic E-state index is -4.40. The van der Waals surface area contributed by atoms with E-state index in [1.54, 1.807) is 22.7 Å². The minimum absolute atomic E-state index is 0.155. The zero-order chi connectivity index (χ0) is 37.2. The Labute approximate surface area is 313 Å². The number of halogens is 4. The number of nitrogens with zero attached hydrogens (tertiary/aromatic N) is 5. The molecule has 1 fully saturated rings. The van der Waals surface area contributed by atoms with E-state index in [1.165, 1.54) is 48.4 Å². The lowest BCUT2D eigenvalue weighted by atomic mass is 10.1. The summed E-state index contributed by atoms with van der Waals surface area (Å²) >= 11 is 8.48. The average molecular weight is 766 g/mol. The second-order valence-electron chi connectivity index (χ2n) is 12.7. The van der Waals surface area contributed by atoms with Gasteiger partial charge in [-0.15, -0.1) is 11.3 Å². The number of hydrogen-bond donors (Lipinski definition) is 0. The van der Waals surface area contributed by atoms with Crippen molar-refractivity contribution in [2.75, 3.05) is 31.6 Å². The number of fused-ring (bicyclic) bond motifs is 1. The number of hydrogen-bond acceptors (Lipinski definition) is 7. The van der Waals surface area contributed by atoms with Crippen LogP contribution in [0.4, 0.5) is 18.9 Å². The number of likely N-dealkylation sites (tertiary alicyclic amines) is 1. The third-order valence-corrected chi connectivity index (χ3v) is 11.9. The van der Waals surface area contributed by atoms with Gasteiger partial charge in [0.1, 0.15) is 14.2 Å². The summed E-state index contributed by atoms with van der Waals surface area (Å²) in [5.41, 5.74) is 4.50. The average Bonchev–Trinajstić information content (AvgIpc) is 3.74. The molecule has 2 aromatic carbocycles. The number of benzene rings is 2. The lowest BCUT2D eigenvalue weighted by molar-refractivity contribution is -0.137. The van der Waals surface area contributed by atoms with Gasteiger partial charge in [0.05, 0.1) is 23.5 Å². The van der Waals surface area contributed by atoms with Crippen molar-refractivity contribution in [1.82, 2.24) is 19.0 Å². The Hall–Kier alpha value is -4.10. The SMILES string of the molecule is CCn1c(=O)/c(=C2\Sc3cc(C(F)(F)F)ccc3N2C)s/c1=C\c1ccccn1.Cc1cc(C(=O)CN2CCCCC2)c(C)n1-c1ccc(Cl)cc1. The molecule has 2 aliphatic heterocycles. The van der Waals surface area contributed by atoms with E-state index >= 15 is 0 Å². The molecule has 0 radical (unpaired) electrons. The van der Waals surface area contributed by atoms with Crippen LogP contribution in [-0.4, -0.2) is 51.5 Å². The van der Waals surface area contributed by atoms with Gasteiger partial charge in [0.2, 0.25) is 0 Å². The quantitative estimate of drug-likeness (QED) is 0.164.